The zero-order chi connectivity index (χ0) is 9.26. The first-order chi connectivity index (χ1) is 6.27. The van der Waals surface area contributed by atoms with Crippen molar-refractivity contribution in [1.82, 2.24) is 9.89 Å². The van der Waals surface area contributed by atoms with Gasteiger partial charge in [0, 0.05) is 0 Å². The maximum atomic E-state index is 11.3. The maximum absolute atomic E-state index is 11.3. The Morgan fingerprint density at radius 2 is 1.92 bits per heavy atom. The standard InChI is InChI=1S/C9H9N3O/c10-12-6-8(9(13)11-12)7-4-2-1-3-5-7/h1-6H,10H2,(H,11,13). The van der Waals surface area contributed by atoms with Gasteiger partial charge in [0.2, 0.25) is 0 Å². The van der Waals surface area contributed by atoms with Crippen LogP contribution in [0.4, 0.5) is 0 Å². The SMILES string of the molecule is Nn1cc(-c2ccccc2)c(=O)[nH]1. The Kier molecular flexibility index (Phi) is 1.66. The van der Waals surface area contributed by atoms with E-state index in [1.54, 1.807) is 6.20 Å². The number of benzene rings is 1. The fourth-order valence-corrected chi connectivity index (χ4v) is 1.23. The predicted octanol–water partition coefficient (Wildman–Crippen LogP) is 0.557. The van der Waals surface area contributed by atoms with Gasteiger partial charge in [-0.05, 0) is 5.56 Å². The van der Waals surface area contributed by atoms with Gasteiger partial charge in [0.25, 0.3) is 5.56 Å². The summed E-state index contributed by atoms with van der Waals surface area (Å²) in [6.45, 7) is 0. The third kappa shape index (κ3) is 1.33. The third-order valence-corrected chi connectivity index (χ3v) is 1.83. The number of aromatic amines is 1. The van der Waals surface area contributed by atoms with Gasteiger partial charge in [-0.2, -0.15) is 0 Å². The highest BCUT2D eigenvalue weighted by atomic mass is 16.1. The van der Waals surface area contributed by atoms with Crippen molar-refractivity contribution in [2.45, 2.75) is 0 Å². The first-order valence-corrected chi connectivity index (χ1v) is 3.89. The molecule has 2 rings (SSSR count). The van der Waals surface area contributed by atoms with Crippen LogP contribution in [0.25, 0.3) is 11.1 Å². The van der Waals surface area contributed by atoms with Crippen LogP contribution in [0.1, 0.15) is 0 Å². The van der Waals surface area contributed by atoms with Crippen molar-refractivity contribution < 1.29 is 0 Å². The van der Waals surface area contributed by atoms with Crippen LogP contribution in [0.2, 0.25) is 0 Å². The molecule has 0 radical (unpaired) electrons. The quantitative estimate of drug-likeness (QED) is 0.622. The smallest absolute Gasteiger partial charge is 0.273 e. The van der Waals surface area contributed by atoms with Crippen LogP contribution in [0, 0.1) is 0 Å². The van der Waals surface area contributed by atoms with E-state index in [0.717, 1.165) is 10.4 Å². The molecule has 2 aromatic rings. The lowest BCUT2D eigenvalue weighted by Crippen LogP contribution is -2.12. The first kappa shape index (κ1) is 7.67. The highest BCUT2D eigenvalue weighted by Crippen LogP contribution is 2.12. The molecular formula is C9H9N3O. The summed E-state index contributed by atoms with van der Waals surface area (Å²) in [4.78, 5) is 12.4. The van der Waals surface area contributed by atoms with E-state index in [1.165, 1.54) is 0 Å². The van der Waals surface area contributed by atoms with Crippen molar-refractivity contribution >= 4 is 0 Å². The van der Waals surface area contributed by atoms with Gasteiger partial charge in [-0.15, -0.1) is 0 Å². The Bertz CT molecular complexity index is 455. The topological polar surface area (TPSA) is 63.8 Å². The molecule has 1 aromatic carbocycles. The van der Waals surface area contributed by atoms with Gasteiger partial charge in [-0.3, -0.25) is 4.79 Å². The fraction of sp³-hybridized carbons (Fsp3) is 0. The second-order valence-corrected chi connectivity index (χ2v) is 2.76. The van der Waals surface area contributed by atoms with Crippen molar-refractivity contribution in [3.8, 4) is 11.1 Å². The van der Waals surface area contributed by atoms with E-state index in [-0.39, 0.29) is 5.56 Å². The molecule has 13 heavy (non-hydrogen) atoms. The van der Waals surface area contributed by atoms with Crippen LogP contribution in [0.3, 0.4) is 0 Å². The average molecular weight is 175 g/mol. The van der Waals surface area contributed by atoms with Gasteiger partial charge in [-0.25, -0.2) is 9.89 Å². The Balaban J connectivity index is 2.59. The molecule has 0 fully saturated rings. The molecule has 3 N–H and O–H groups in total. The van der Waals surface area contributed by atoms with E-state index < -0.39 is 0 Å². The molecule has 0 saturated carbocycles. The number of nitrogens with one attached hydrogen (secondary N) is 1. The number of H-pyrrole nitrogens is 1. The van der Waals surface area contributed by atoms with Crippen molar-refractivity contribution in [3.05, 3.63) is 46.9 Å². The van der Waals surface area contributed by atoms with Gasteiger partial charge in [0.15, 0.2) is 0 Å². The van der Waals surface area contributed by atoms with Gasteiger partial charge in [0.1, 0.15) is 0 Å². The van der Waals surface area contributed by atoms with Crippen molar-refractivity contribution in [2.75, 3.05) is 5.84 Å². The Morgan fingerprint density at radius 1 is 1.23 bits per heavy atom. The predicted molar refractivity (Wildman–Crippen MR) is 50.6 cm³/mol. The van der Waals surface area contributed by atoms with Gasteiger partial charge < -0.3 is 5.84 Å². The van der Waals surface area contributed by atoms with Gasteiger partial charge in [0.05, 0.1) is 11.8 Å². The fourth-order valence-electron chi connectivity index (χ4n) is 1.23. The molecule has 4 heteroatoms. The highest BCUT2D eigenvalue weighted by Gasteiger charge is 2.03. The summed E-state index contributed by atoms with van der Waals surface area (Å²) >= 11 is 0. The molecule has 0 spiro atoms. The van der Waals surface area contributed by atoms with Crippen LogP contribution in [0.15, 0.2) is 41.3 Å². The summed E-state index contributed by atoms with van der Waals surface area (Å²) in [5, 5.41) is 2.44. The van der Waals surface area contributed by atoms with Crippen molar-refractivity contribution in [1.29, 1.82) is 0 Å². The molecule has 0 aliphatic carbocycles. The zero-order valence-electron chi connectivity index (χ0n) is 6.90. The van der Waals surface area contributed by atoms with Crippen LogP contribution in [0.5, 0.6) is 0 Å². The highest BCUT2D eigenvalue weighted by molar-refractivity contribution is 5.61. The van der Waals surface area contributed by atoms with E-state index >= 15 is 0 Å². The molecule has 1 aromatic heterocycles. The minimum atomic E-state index is -0.172. The number of aromatic nitrogens is 2. The molecule has 66 valence electrons. The summed E-state index contributed by atoms with van der Waals surface area (Å²) in [7, 11) is 0. The molecule has 0 bridgehead atoms. The Morgan fingerprint density at radius 3 is 2.46 bits per heavy atom. The summed E-state index contributed by atoms with van der Waals surface area (Å²) in [5.74, 6) is 5.38. The molecule has 0 amide bonds. The van der Waals surface area contributed by atoms with E-state index in [9.17, 15) is 4.79 Å². The molecule has 4 nitrogen and oxygen atoms in total. The maximum Gasteiger partial charge on any atom is 0.273 e. The average Bonchev–Trinajstić information content (AvgIpc) is 2.47. The summed E-state index contributed by atoms with van der Waals surface area (Å²) in [6.07, 6.45) is 1.57. The zero-order valence-corrected chi connectivity index (χ0v) is 6.90. The summed E-state index contributed by atoms with van der Waals surface area (Å²) in [5.41, 5.74) is 1.28. The number of rotatable bonds is 1. The number of nitrogen functional groups attached to an aromatic ring is 1. The monoisotopic (exact) mass is 175 g/mol. The normalized spacial score (nSPS) is 10.2. The van der Waals surface area contributed by atoms with E-state index in [1.807, 2.05) is 30.3 Å². The molecular weight excluding hydrogens is 166 g/mol. The summed E-state index contributed by atoms with van der Waals surface area (Å²) < 4.78 is 0. The van der Waals surface area contributed by atoms with Gasteiger partial charge in [-0.1, -0.05) is 30.3 Å². The van der Waals surface area contributed by atoms with E-state index in [4.69, 9.17) is 5.84 Å². The molecule has 0 unspecified atom stereocenters. The third-order valence-electron chi connectivity index (χ3n) is 1.83. The van der Waals surface area contributed by atoms with Gasteiger partial charge >= 0.3 is 0 Å². The van der Waals surface area contributed by atoms with E-state index in [2.05, 4.69) is 5.10 Å². The van der Waals surface area contributed by atoms with Crippen molar-refractivity contribution in [2.24, 2.45) is 0 Å². The summed E-state index contributed by atoms with van der Waals surface area (Å²) in [6, 6.07) is 9.39. The largest absolute Gasteiger partial charge is 0.325 e. The van der Waals surface area contributed by atoms with Crippen LogP contribution < -0.4 is 11.4 Å². The van der Waals surface area contributed by atoms with E-state index in [0.29, 0.717) is 5.56 Å². The van der Waals surface area contributed by atoms with Crippen molar-refractivity contribution in [3.63, 3.8) is 0 Å². The minimum Gasteiger partial charge on any atom is -0.325 e. The second kappa shape index (κ2) is 2.82. The van der Waals surface area contributed by atoms with Crippen LogP contribution in [-0.2, 0) is 0 Å². The lowest BCUT2D eigenvalue weighted by atomic mass is 10.1. The number of nitrogens with zero attached hydrogens (tertiary/aromatic N) is 1. The Hall–Kier alpha value is -1.97. The molecule has 1 heterocycles. The van der Waals surface area contributed by atoms with Crippen LogP contribution in [-0.4, -0.2) is 9.89 Å². The first-order valence-electron chi connectivity index (χ1n) is 3.89. The molecule has 0 aliphatic heterocycles. The number of nitrogens with two attached hydrogens (primary N) is 1. The second-order valence-electron chi connectivity index (χ2n) is 2.76. The lowest BCUT2D eigenvalue weighted by Gasteiger charge is -1.92. The van der Waals surface area contributed by atoms with Crippen LogP contribution >= 0.6 is 0 Å². The molecule has 0 aliphatic rings. The number of hydrogen-bond donors (Lipinski definition) is 2. The molecule has 0 saturated heterocycles. The molecule has 0 atom stereocenters. The lowest BCUT2D eigenvalue weighted by molar-refractivity contribution is 0.818. The minimum absolute atomic E-state index is 0.172. The Labute approximate surface area is 74.6 Å². The number of hydrogen-bond acceptors (Lipinski definition) is 2.